The molecule has 2 N–H and O–H groups in total. The largest absolute Gasteiger partial charge is 0.494 e. The van der Waals surface area contributed by atoms with Crippen LogP contribution in [0, 0.1) is 13.8 Å². The molecule has 4 heterocycles. The van der Waals surface area contributed by atoms with Gasteiger partial charge in [0.05, 0.1) is 36.8 Å². The van der Waals surface area contributed by atoms with E-state index >= 15 is 0 Å². The summed E-state index contributed by atoms with van der Waals surface area (Å²) in [6, 6.07) is 18.6. The zero-order valence-corrected chi connectivity index (χ0v) is 23.0. The highest BCUT2D eigenvalue weighted by Gasteiger charge is 2.42. The summed E-state index contributed by atoms with van der Waals surface area (Å²) in [6.45, 7) is 4.13. The number of aromatic nitrogens is 3. The molecule has 0 aliphatic carbocycles. The van der Waals surface area contributed by atoms with E-state index in [1.807, 2.05) is 47.4 Å². The Hall–Kier alpha value is -3.96. The first kappa shape index (κ1) is 25.7. The molecule has 4 aromatic rings. The topological polar surface area (TPSA) is 101 Å². The smallest absolute Gasteiger partial charge is 0.229 e. The number of nitrogens with zero attached hydrogens (tertiary/aromatic N) is 4. The highest BCUT2D eigenvalue weighted by Crippen LogP contribution is 2.45. The summed E-state index contributed by atoms with van der Waals surface area (Å²) < 4.78 is 33.9. The Labute approximate surface area is 227 Å². The van der Waals surface area contributed by atoms with Gasteiger partial charge in [-0.3, -0.25) is 9.71 Å². The Kier molecular flexibility index (Phi) is 6.80. The molecule has 38 heavy (non-hydrogen) atoms. The SMILES string of the molecule is COc1cc(N2C(=S)NC(c3ccccn3)C2c2cc(C)n(-c3ccccn3)c2C)ccc1NS(C)(=O)=O. The maximum absolute atomic E-state index is 11.9. The van der Waals surface area contributed by atoms with Gasteiger partial charge in [0.25, 0.3) is 0 Å². The molecule has 11 heteroatoms. The molecule has 0 radical (unpaired) electrons. The monoisotopic (exact) mass is 548 g/mol. The number of hydrogen-bond donors (Lipinski definition) is 2. The van der Waals surface area contributed by atoms with Gasteiger partial charge in [-0.2, -0.15) is 0 Å². The molecule has 0 spiro atoms. The van der Waals surface area contributed by atoms with Crippen LogP contribution in [0.3, 0.4) is 0 Å². The summed E-state index contributed by atoms with van der Waals surface area (Å²) in [4.78, 5) is 11.2. The average molecular weight is 549 g/mol. The minimum atomic E-state index is -3.48. The van der Waals surface area contributed by atoms with Gasteiger partial charge in [0.2, 0.25) is 10.0 Å². The van der Waals surface area contributed by atoms with Crippen LogP contribution in [-0.2, 0) is 10.0 Å². The average Bonchev–Trinajstić information content (AvgIpc) is 3.39. The lowest BCUT2D eigenvalue weighted by molar-refractivity contribution is 0.417. The first-order chi connectivity index (χ1) is 18.2. The van der Waals surface area contributed by atoms with Gasteiger partial charge in [0, 0.05) is 35.5 Å². The number of sulfonamides is 1. The molecule has 1 fully saturated rings. The molecule has 3 aromatic heterocycles. The predicted molar refractivity (Wildman–Crippen MR) is 152 cm³/mol. The van der Waals surface area contributed by atoms with Crippen LogP contribution >= 0.6 is 12.2 Å². The minimum absolute atomic E-state index is 0.235. The zero-order chi connectivity index (χ0) is 27.0. The Morgan fingerprint density at radius 3 is 2.39 bits per heavy atom. The van der Waals surface area contributed by atoms with Gasteiger partial charge in [-0.05, 0) is 74.1 Å². The van der Waals surface area contributed by atoms with Crippen LogP contribution in [-0.4, -0.2) is 41.4 Å². The number of anilines is 2. The Morgan fingerprint density at radius 2 is 1.76 bits per heavy atom. The number of aryl methyl sites for hydroxylation is 1. The predicted octanol–water partition coefficient (Wildman–Crippen LogP) is 4.44. The normalized spacial score (nSPS) is 17.4. The van der Waals surface area contributed by atoms with Crippen LogP contribution < -0.4 is 19.7 Å². The van der Waals surface area contributed by atoms with Crippen LogP contribution in [0.1, 0.15) is 34.7 Å². The van der Waals surface area contributed by atoms with Gasteiger partial charge in [-0.1, -0.05) is 12.1 Å². The number of pyridine rings is 2. The fourth-order valence-electron chi connectivity index (χ4n) is 4.99. The van der Waals surface area contributed by atoms with Crippen molar-refractivity contribution in [1.82, 2.24) is 19.9 Å². The number of methoxy groups -OCH3 is 1. The van der Waals surface area contributed by atoms with Crippen LogP contribution in [0.5, 0.6) is 5.75 Å². The van der Waals surface area contributed by atoms with Gasteiger partial charge >= 0.3 is 0 Å². The van der Waals surface area contributed by atoms with Crippen LogP contribution in [0.15, 0.2) is 73.1 Å². The van der Waals surface area contributed by atoms with Gasteiger partial charge in [-0.25, -0.2) is 13.4 Å². The molecular formula is C27H28N6O3S2. The number of nitrogens with one attached hydrogen (secondary N) is 2. The third-order valence-electron chi connectivity index (χ3n) is 6.52. The summed E-state index contributed by atoms with van der Waals surface area (Å²) in [7, 11) is -1.98. The van der Waals surface area contributed by atoms with E-state index in [9.17, 15) is 8.42 Å². The summed E-state index contributed by atoms with van der Waals surface area (Å²) in [5.74, 6) is 1.22. The van der Waals surface area contributed by atoms with Crippen molar-refractivity contribution in [3.8, 4) is 11.6 Å². The van der Waals surface area contributed by atoms with E-state index in [-0.39, 0.29) is 12.1 Å². The number of benzene rings is 1. The number of hydrogen-bond acceptors (Lipinski definition) is 6. The van der Waals surface area contributed by atoms with E-state index in [0.29, 0.717) is 16.5 Å². The molecule has 0 bridgehead atoms. The molecule has 1 aliphatic rings. The fraction of sp³-hybridized carbons (Fsp3) is 0.222. The lowest BCUT2D eigenvalue weighted by Gasteiger charge is -2.28. The number of ether oxygens (including phenoxy) is 1. The third-order valence-corrected chi connectivity index (χ3v) is 7.43. The summed E-state index contributed by atoms with van der Waals surface area (Å²) >= 11 is 5.87. The van der Waals surface area contributed by atoms with E-state index in [4.69, 9.17) is 17.0 Å². The van der Waals surface area contributed by atoms with E-state index in [0.717, 1.165) is 40.4 Å². The van der Waals surface area contributed by atoms with Crippen LogP contribution in [0.25, 0.3) is 5.82 Å². The molecular weight excluding hydrogens is 520 g/mol. The first-order valence-electron chi connectivity index (χ1n) is 11.9. The quantitative estimate of drug-likeness (QED) is 0.327. The minimum Gasteiger partial charge on any atom is -0.494 e. The maximum Gasteiger partial charge on any atom is 0.229 e. The number of rotatable bonds is 7. The Morgan fingerprint density at radius 1 is 1.03 bits per heavy atom. The van der Waals surface area contributed by atoms with Crippen molar-refractivity contribution in [2.24, 2.45) is 0 Å². The second-order valence-corrected chi connectivity index (χ2v) is 11.2. The van der Waals surface area contributed by atoms with Crippen molar-refractivity contribution in [3.05, 3.63) is 95.7 Å². The first-order valence-corrected chi connectivity index (χ1v) is 14.2. The van der Waals surface area contributed by atoms with Crippen molar-refractivity contribution in [3.63, 3.8) is 0 Å². The van der Waals surface area contributed by atoms with Crippen molar-refractivity contribution in [2.45, 2.75) is 25.9 Å². The molecule has 9 nitrogen and oxygen atoms in total. The molecule has 0 saturated carbocycles. The van der Waals surface area contributed by atoms with E-state index in [1.165, 1.54) is 7.11 Å². The Bertz CT molecular complexity index is 1590. The second kappa shape index (κ2) is 10.1. The van der Waals surface area contributed by atoms with Crippen molar-refractivity contribution in [1.29, 1.82) is 0 Å². The fourth-order valence-corrected chi connectivity index (χ4v) is 5.90. The van der Waals surface area contributed by atoms with E-state index in [1.54, 1.807) is 24.5 Å². The summed E-state index contributed by atoms with van der Waals surface area (Å²) in [5, 5.41) is 4.00. The molecule has 1 saturated heterocycles. The molecule has 2 unspecified atom stereocenters. The molecule has 1 aromatic carbocycles. The van der Waals surface area contributed by atoms with Crippen molar-refractivity contribution in [2.75, 3.05) is 23.0 Å². The molecule has 0 amide bonds. The lowest BCUT2D eigenvalue weighted by Crippen LogP contribution is -2.29. The highest BCUT2D eigenvalue weighted by molar-refractivity contribution is 7.92. The lowest BCUT2D eigenvalue weighted by atomic mass is 9.96. The Balaban J connectivity index is 1.66. The van der Waals surface area contributed by atoms with Crippen molar-refractivity contribution >= 4 is 38.7 Å². The van der Waals surface area contributed by atoms with Gasteiger partial charge in [-0.15, -0.1) is 0 Å². The molecule has 1 aliphatic heterocycles. The van der Waals surface area contributed by atoms with Gasteiger partial charge in [0.15, 0.2) is 5.11 Å². The molecule has 5 rings (SSSR count). The van der Waals surface area contributed by atoms with E-state index in [2.05, 4.69) is 44.5 Å². The van der Waals surface area contributed by atoms with Crippen LogP contribution in [0.4, 0.5) is 11.4 Å². The van der Waals surface area contributed by atoms with Gasteiger partial charge < -0.3 is 19.5 Å². The van der Waals surface area contributed by atoms with Crippen molar-refractivity contribution < 1.29 is 13.2 Å². The molecule has 2 atom stereocenters. The summed E-state index contributed by atoms with van der Waals surface area (Å²) in [6.07, 6.45) is 4.65. The zero-order valence-electron chi connectivity index (χ0n) is 21.4. The van der Waals surface area contributed by atoms with Crippen LogP contribution in [0.2, 0.25) is 0 Å². The third kappa shape index (κ3) is 4.82. The summed E-state index contributed by atoms with van der Waals surface area (Å²) in [5.41, 5.74) is 5.10. The second-order valence-electron chi connectivity index (χ2n) is 9.11. The highest BCUT2D eigenvalue weighted by atomic mass is 32.2. The van der Waals surface area contributed by atoms with E-state index < -0.39 is 10.0 Å². The maximum atomic E-state index is 11.9. The standard InChI is InChI=1S/C27H28N6O3S2/c1-17-15-20(18(2)32(17)24-10-6-8-14-29-24)26-25(22-9-5-7-13-28-22)30-27(37)33(26)19-11-12-21(23(16-19)36-3)31-38(4,34)35/h5-16,25-26,31H,1-4H3,(H,30,37). The van der Waals surface area contributed by atoms with Gasteiger partial charge in [0.1, 0.15) is 11.6 Å². The molecule has 196 valence electrons. The number of thiocarbonyl (C=S) groups is 1.